The number of ether oxygens (including phenoxy) is 1. The molecule has 0 bridgehead atoms. The first-order chi connectivity index (χ1) is 16.9. The first-order valence-corrected chi connectivity index (χ1v) is 12.1. The number of H-pyrrole nitrogens is 1. The summed E-state index contributed by atoms with van der Waals surface area (Å²) in [6, 6.07) is 8.04. The molecule has 0 saturated carbocycles. The van der Waals surface area contributed by atoms with Crippen molar-refractivity contribution in [3.05, 3.63) is 71.8 Å². The van der Waals surface area contributed by atoms with Gasteiger partial charge in [0.05, 0.1) is 19.0 Å². The molecule has 8 nitrogen and oxygen atoms in total. The Morgan fingerprint density at radius 3 is 2.91 bits per heavy atom. The lowest BCUT2D eigenvalue weighted by atomic mass is 9.76. The Morgan fingerprint density at radius 2 is 2.26 bits per heavy atom. The van der Waals surface area contributed by atoms with Crippen molar-refractivity contribution >= 4 is 17.2 Å². The first-order valence-electron chi connectivity index (χ1n) is 12.1. The maximum absolute atomic E-state index is 12.8. The number of rotatable bonds is 9. The monoisotopic (exact) mass is 472 g/mol. The summed E-state index contributed by atoms with van der Waals surface area (Å²) in [6.45, 7) is 8.00. The van der Waals surface area contributed by atoms with Gasteiger partial charge in [-0.1, -0.05) is 32.9 Å². The van der Waals surface area contributed by atoms with Gasteiger partial charge < -0.3 is 19.6 Å². The van der Waals surface area contributed by atoms with E-state index in [4.69, 9.17) is 10.00 Å². The molecule has 8 heteroatoms. The lowest BCUT2D eigenvalue weighted by Gasteiger charge is -2.30. The molecule has 0 spiro atoms. The van der Waals surface area contributed by atoms with Gasteiger partial charge in [0, 0.05) is 36.4 Å². The van der Waals surface area contributed by atoms with Crippen LogP contribution in [0, 0.1) is 16.7 Å². The molecule has 2 heterocycles. The van der Waals surface area contributed by atoms with Gasteiger partial charge >= 0.3 is 0 Å². The number of carbonyl (C=O) groups is 1. The van der Waals surface area contributed by atoms with E-state index < -0.39 is 0 Å². The topological polar surface area (TPSA) is 109 Å². The van der Waals surface area contributed by atoms with Crippen LogP contribution in [0.5, 0.6) is 0 Å². The number of nitriles is 1. The number of aromatic amines is 1. The maximum atomic E-state index is 12.8. The molecular formula is C27H32N6O2. The molecule has 0 saturated heterocycles. The molecule has 2 aromatic heterocycles. The zero-order chi connectivity index (χ0) is 24.8. The van der Waals surface area contributed by atoms with E-state index >= 15 is 0 Å². The molecule has 0 radical (unpaired) electrons. The third-order valence-corrected chi connectivity index (χ3v) is 6.49. The molecule has 0 fully saturated rings. The van der Waals surface area contributed by atoms with Crippen molar-refractivity contribution in [3.63, 3.8) is 0 Å². The molecule has 182 valence electrons. The average molecular weight is 473 g/mol. The van der Waals surface area contributed by atoms with Crippen LogP contribution >= 0.6 is 0 Å². The number of benzene rings is 1. The fourth-order valence-corrected chi connectivity index (χ4v) is 4.30. The Balaban J connectivity index is 1.58. The molecule has 3 aromatic rings. The number of aromatic nitrogens is 4. The van der Waals surface area contributed by atoms with Crippen LogP contribution in [0.3, 0.4) is 0 Å². The highest BCUT2D eigenvalue weighted by Crippen LogP contribution is 2.41. The normalized spacial score (nSPS) is 15.8. The number of imidazole rings is 2. The zero-order valence-corrected chi connectivity index (χ0v) is 20.5. The van der Waals surface area contributed by atoms with Gasteiger partial charge in [0.25, 0.3) is 5.91 Å². The van der Waals surface area contributed by atoms with Crippen molar-refractivity contribution in [2.75, 3.05) is 11.9 Å². The largest absolute Gasteiger partial charge is 0.372 e. The second-order valence-electron chi connectivity index (χ2n) is 9.67. The van der Waals surface area contributed by atoms with E-state index in [1.54, 1.807) is 12.5 Å². The van der Waals surface area contributed by atoms with Gasteiger partial charge in [-0.05, 0) is 54.4 Å². The first kappa shape index (κ1) is 24.4. The minimum Gasteiger partial charge on any atom is -0.372 e. The quantitative estimate of drug-likeness (QED) is 0.428. The van der Waals surface area contributed by atoms with Crippen LogP contribution in [-0.2, 0) is 11.3 Å². The molecule has 1 aliphatic rings. The van der Waals surface area contributed by atoms with Crippen molar-refractivity contribution in [1.29, 1.82) is 5.26 Å². The fraction of sp³-hybridized carbons (Fsp3) is 0.407. The highest BCUT2D eigenvalue weighted by molar-refractivity contribution is 6.03. The summed E-state index contributed by atoms with van der Waals surface area (Å²) in [7, 11) is 0. The van der Waals surface area contributed by atoms with E-state index in [2.05, 4.69) is 53.2 Å². The van der Waals surface area contributed by atoms with Gasteiger partial charge in [-0.2, -0.15) is 5.26 Å². The molecule has 0 aliphatic heterocycles. The molecule has 1 unspecified atom stereocenters. The zero-order valence-electron chi connectivity index (χ0n) is 20.5. The predicted octanol–water partition coefficient (Wildman–Crippen LogP) is 5.49. The van der Waals surface area contributed by atoms with Crippen molar-refractivity contribution < 1.29 is 9.53 Å². The van der Waals surface area contributed by atoms with Gasteiger partial charge in [-0.3, -0.25) is 4.79 Å². The Kier molecular flexibility index (Phi) is 7.47. The highest BCUT2D eigenvalue weighted by Gasteiger charge is 2.24. The molecule has 4 rings (SSSR count). The number of amides is 1. The summed E-state index contributed by atoms with van der Waals surface area (Å²) in [5.74, 6) is -0.259. The summed E-state index contributed by atoms with van der Waals surface area (Å²) in [6.07, 6.45) is 13.0. The number of nitrogens with zero attached hydrogens (tertiary/aromatic N) is 4. The van der Waals surface area contributed by atoms with Gasteiger partial charge in [0.1, 0.15) is 6.07 Å². The van der Waals surface area contributed by atoms with Crippen LogP contribution < -0.4 is 5.32 Å². The van der Waals surface area contributed by atoms with E-state index in [1.165, 1.54) is 11.8 Å². The van der Waals surface area contributed by atoms with Gasteiger partial charge in [-0.25, -0.2) is 9.97 Å². The lowest BCUT2D eigenvalue weighted by Crippen LogP contribution is -2.17. The number of nitrogens with one attached hydrogen (secondary N) is 2. The van der Waals surface area contributed by atoms with Crippen molar-refractivity contribution in [3.8, 4) is 6.07 Å². The van der Waals surface area contributed by atoms with Gasteiger partial charge in [0.15, 0.2) is 11.5 Å². The Hall–Kier alpha value is -3.70. The van der Waals surface area contributed by atoms with E-state index in [9.17, 15) is 4.79 Å². The molecule has 1 amide bonds. The molecule has 1 aliphatic carbocycles. The molecule has 1 atom stereocenters. The Morgan fingerprint density at radius 1 is 1.40 bits per heavy atom. The van der Waals surface area contributed by atoms with Crippen LogP contribution in [0.4, 0.5) is 5.69 Å². The number of hydrogen-bond acceptors (Lipinski definition) is 5. The summed E-state index contributed by atoms with van der Waals surface area (Å²) in [5.41, 5.74) is 4.51. The predicted molar refractivity (Wildman–Crippen MR) is 135 cm³/mol. The standard InChI is InChI=1S/C27H32N6O2/c1-4-24(35-14-13-33-12-11-29-18-33)20-5-6-23(32-26(34)25-30-17-21(16-28)31-25)22(15-20)19-7-9-27(2,3)10-8-19/h5-7,11-12,15,17-18,24H,4,8-10,13-14H2,1-3H3,(H,30,31)(H,32,34). The second-order valence-corrected chi connectivity index (χ2v) is 9.67. The van der Waals surface area contributed by atoms with Gasteiger partial charge in [0.2, 0.25) is 0 Å². The number of carbonyl (C=O) groups excluding carboxylic acids is 1. The summed E-state index contributed by atoms with van der Waals surface area (Å²) in [5, 5.41) is 12.0. The van der Waals surface area contributed by atoms with Crippen LogP contribution in [0.25, 0.3) is 5.57 Å². The van der Waals surface area contributed by atoms with Crippen LogP contribution in [-0.4, -0.2) is 32.0 Å². The SMILES string of the molecule is CCC(OCCn1ccnc1)c1ccc(NC(=O)c2nc(C#N)c[nH]2)c(C2=CCC(C)(C)CC2)c1. The summed E-state index contributed by atoms with van der Waals surface area (Å²) < 4.78 is 8.23. The molecule has 2 N–H and O–H groups in total. The highest BCUT2D eigenvalue weighted by atomic mass is 16.5. The second kappa shape index (κ2) is 10.7. The Bertz CT molecular complexity index is 1230. The minimum absolute atomic E-state index is 0.0501. The molecular weight excluding hydrogens is 440 g/mol. The van der Waals surface area contributed by atoms with Crippen LogP contribution in [0.15, 0.2) is 49.2 Å². The van der Waals surface area contributed by atoms with E-state index in [0.717, 1.165) is 49.0 Å². The third kappa shape index (κ3) is 6.06. The van der Waals surface area contributed by atoms with E-state index in [1.807, 2.05) is 29.0 Å². The average Bonchev–Trinajstić information content (AvgIpc) is 3.55. The third-order valence-electron chi connectivity index (χ3n) is 6.49. The molecule has 1 aromatic carbocycles. The minimum atomic E-state index is -0.374. The van der Waals surface area contributed by atoms with Crippen molar-refractivity contribution in [2.45, 2.75) is 59.1 Å². The van der Waals surface area contributed by atoms with E-state index in [0.29, 0.717) is 6.61 Å². The lowest BCUT2D eigenvalue weighted by molar-refractivity contribution is 0.0446. The Labute approximate surface area is 206 Å². The van der Waals surface area contributed by atoms with Crippen molar-refractivity contribution in [2.24, 2.45) is 5.41 Å². The fourth-order valence-electron chi connectivity index (χ4n) is 4.30. The van der Waals surface area contributed by atoms with E-state index in [-0.39, 0.29) is 28.9 Å². The molecule has 35 heavy (non-hydrogen) atoms. The number of anilines is 1. The number of hydrogen-bond donors (Lipinski definition) is 2. The maximum Gasteiger partial charge on any atom is 0.291 e. The number of allylic oxidation sites excluding steroid dienone is 2. The van der Waals surface area contributed by atoms with Crippen LogP contribution in [0.1, 0.15) is 80.0 Å². The smallest absolute Gasteiger partial charge is 0.291 e. The van der Waals surface area contributed by atoms with Crippen molar-refractivity contribution in [1.82, 2.24) is 19.5 Å². The summed E-state index contributed by atoms with van der Waals surface area (Å²) >= 11 is 0. The van der Waals surface area contributed by atoms with Gasteiger partial charge in [-0.15, -0.1) is 0 Å². The summed E-state index contributed by atoms with van der Waals surface area (Å²) in [4.78, 5) is 23.7. The van der Waals surface area contributed by atoms with Crippen LogP contribution in [0.2, 0.25) is 0 Å².